The largest absolute Gasteiger partial charge is 0.390 e. The fourth-order valence-electron chi connectivity index (χ4n) is 2.68. The van der Waals surface area contributed by atoms with Gasteiger partial charge in [0.1, 0.15) is 12.7 Å². The number of hydrogen-bond acceptors (Lipinski definition) is 2. The van der Waals surface area contributed by atoms with E-state index in [0.717, 1.165) is 24.0 Å². The molecule has 2 atom stereocenters. The average molecular weight is 253 g/mol. The highest BCUT2D eigenvalue weighted by atomic mass is 16.3. The summed E-state index contributed by atoms with van der Waals surface area (Å²) in [5, 5.41) is 12.7. The van der Waals surface area contributed by atoms with E-state index in [9.17, 15) is 5.11 Å². The van der Waals surface area contributed by atoms with Gasteiger partial charge in [0.25, 0.3) is 0 Å². The van der Waals surface area contributed by atoms with Crippen molar-refractivity contribution in [3.8, 4) is 0 Å². The van der Waals surface area contributed by atoms with Crippen molar-refractivity contribution in [3.63, 3.8) is 0 Å². The summed E-state index contributed by atoms with van der Waals surface area (Å²) in [5.74, 6) is 0. The zero-order chi connectivity index (χ0) is 13.3. The summed E-state index contributed by atoms with van der Waals surface area (Å²) >= 11 is 0. The van der Waals surface area contributed by atoms with Crippen LogP contribution in [0.2, 0.25) is 0 Å². The molecule has 1 aliphatic rings. The third kappa shape index (κ3) is 4.14. The first kappa shape index (κ1) is 15.3. The van der Waals surface area contributed by atoms with Crippen molar-refractivity contribution in [2.24, 2.45) is 0 Å². The van der Waals surface area contributed by atoms with Crippen molar-refractivity contribution in [3.05, 3.63) is 24.6 Å². The highest BCUT2D eigenvalue weighted by Gasteiger charge is 2.35. The Kier molecular flexibility index (Phi) is 7.06. The van der Waals surface area contributed by atoms with E-state index in [0.29, 0.717) is 6.17 Å². The summed E-state index contributed by atoms with van der Waals surface area (Å²) in [4.78, 5) is 0. The smallest absolute Gasteiger partial charge is 0.166 e. The summed E-state index contributed by atoms with van der Waals surface area (Å²) in [5.41, 5.74) is 0. The van der Waals surface area contributed by atoms with Crippen LogP contribution in [0.15, 0.2) is 24.6 Å². The van der Waals surface area contributed by atoms with E-state index in [4.69, 9.17) is 0 Å². The number of aliphatic hydroxyl groups is 1. The number of allylic oxidation sites excluding steroid dienone is 2. The van der Waals surface area contributed by atoms with Crippen molar-refractivity contribution in [1.82, 2.24) is 5.32 Å². The summed E-state index contributed by atoms with van der Waals surface area (Å²) in [6.07, 6.45) is 15.3. The summed E-state index contributed by atoms with van der Waals surface area (Å²) in [6.45, 7) is 6.50. The number of nitrogens with one attached hydrogen (secondary N) is 1. The van der Waals surface area contributed by atoms with Crippen LogP contribution in [0, 0.1) is 0 Å². The van der Waals surface area contributed by atoms with E-state index < -0.39 is 0 Å². The third-order valence-electron chi connectivity index (χ3n) is 3.89. The van der Waals surface area contributed by atoms with Gasteiger partial charge in [0.15, 0.2) is 6.17 Å². The van der Waals surface area contributed by atoms with Gasteiger partial charge in [0, 0.05) is 6.42 Å². The Labute approximate surface area is 112 Å². The lowest BCUT2D eigenvalue weighted by Gasteiger charge is -2.36. The minimum atomic E-state index is 0.260. The van der Waals surface area contributed by atoms with Crippen LogP contribution in [0.4, 0.5) is 0 Å². The molecule has 0 fully saturated rings. The molecular formula is C15H29N2O+. The fraction of sp³-hybridized carbons (Fsp3) is 0.733. The third-order valence-corrected chi connectivity index (χ3v) is 3.89. The Morgan fingerprint density at radius 1 is 1.28 bits per heavy atom. The lowest BCUT2D eigenvalue weighted by Crippen LogP contribution is -2.54. The standard InChI is InChI=1S/C15H29N2O/c1-3-5-6-7-8-9-10-15-16-11-12-17(15,4-2)13-14-18/h5-6,11-12,15-16,18H,3-4,7-10,13-14H2,1-2H3/q+1/b6-5+. The fourth-order valence-corrected chi connectivity index (χ4v) is 2.68. The number of nitrogens with zero attached hydrogens (tertiary/aromatic N) is 1. The first-order valence-corrected chi connectivity index (χ1v) is 7.35. The average Bonchev–Trinajstić information content (AvgIpc) is 2.78. The zero-order valence-electron chi connectivity index (χ0n) is 11.9. The lowest BCUT2D eigenvalue weighted by atomic mass is 10.1. The van der Waals surface area contributed by atoms with Gasteiger partial charge in [-0.05, 0) is 32.6 Å². The number of aliphatic hydroxyl groups excluding tert-OH is 1. The van der Waals surface area contributed by atoms with Gasteiger partial charge >= 0.3 is 0 Å². The zero-order valence-corrected chi connectivity index (χ0v) is 11.9. The van der Waals surface area contributed by atoms with Crippen molar-refractivity contribution < 1.29 is 9.59 Å². The van der Waals surface area contributed by atoms with Crippen LogP contribution in [0.25, 0.3) is 0 Å². The van der Waals surface area contributed by atoms with E-state index >= 15 is 0 Å². The SMILES string of the molecule is CC/C=C/CCCCC1NC=C[N+]1(CC)CCO. The maximum absolute atomic E-state index is 9.22. The Hall–Kier alpha value is -0.800. The molecule has 3 nitrogen and oxygen atoms in total. The van der Waals surface area contributed by atoms with E-state index in [2.05, 4.69) is 43.7 Å². The minimum absolute atomic E-state index is 0.260. The number of unbranched alkanes of at least 4 members (excludes halogenated alkanes) is 2. The van der Waals surface area contributed by atoms with Gasteiger partial charge in [-0.15, -0.1) is 0 Å². The maximum Gasteiger partial charge on any atom is 0.166 e. The van der Waals surface area contributed by atoms with Crippen LogP contribution in [-0.4, -0.2) is 35.5 Å². The van der Waals surface area contributed by atoms with Crippen LogP contribution < -0.4 is 5.32 Å². The molecule has 18 heavy (non-hydrogen) atoms. The van der Waals surface area contributed by atoms with Crippen LogP contribution >= 0.6 is 0 Å². The Morgan fingerprint density at radius 3 is 2.78 bits per heavy atom. The van der Waals surface area contributed by atoms with Crippen LogP contribution in [0.1, 0.15) is 46.0 Å². The molecule has 0 saturated heterocycles. The first-order valence-electron chi connectivity index (χ1n) is 7.35. The van der Waals surface area contributed by atoms with Crippen LogP contribution in [0.5, 0.6) is 0 Å². The predicted molar refractivity (Wildman–Crippen MR) is 76.7 cm³/mol. The molecule has 3 heteroatoms. The second-order valence-electron chi connectivity index (χ2n) is 5.03. The summed E-state index contributed by atoms with van der Waals surface area (Å²) in [6, 6.07) is 0. The van der Waals surface area contributed by atoms with Crippen LogP contribution in [-0.2, 0) is 0 Å². The van der Waals surface area contributed by atoms with Gasteiger partial charge in [-0.25, -0.2) is 0 Å². The van der Waals surface area contributed by atoms with E-state index in [1.807, 2.05) is 0 Å². The summed E-state index contributed by atoms with van der Waals surface area (Å²) in [7, 11) is 0. The van der Waals surface area contributed by atoms with Crippen molar-refractivity contribution in [2.45, 2.75) is 52.1 Å². The molecule has 0 aromatic rings. The van der Waals surface area contributed by atoms with Crippen LogP contribution in [0.3, 0.4) is 0 Å². The molecule has 0 radical (unpaired) electrons. The predicted octanol–water partition coefficient (Wildman–Crippen LogP) is 2.74. The molecule has 0 bridgehead atoms. The van der Waals surface area contributed by atoms with Crippen molar-refractivity contribution in [2.75, 3.05) is 19.7 Å². The number of likely N-dealkylation sites (N-methyl/N-ethyl adjacent to an activating group) is 1. The Bertz CT molecular complexity index is 276. The molecule has 1 rings (SSSR count). The van der Waals surface area contributed by atoms with Gasteiger partial charge in [-0.2, -0.15) is 0 Å². The van der Waals surface area contributed by atoms with Gasteiger partial charge in [-0.3, -0.25) is 4.48 Å². The molecule has 1 heterocycles. The van der Waals surface area contributed by atoms with E-state index in [1.54, 1.807) is 0 Å². The normalized spacial score (nSPS) is 26.9. The first-order chi connectivity index (χ1) is 8.79. The number of rotatable bonds is 9. The minimum Gasteiger partial charge on any atom is -0.390 e. The highest BCUT2D eigenvalue weighted by molar-refractivity contribution is 4.85. The highest BCUT2D eigenvalue weighted by Crippen LogP contribution is 2.22. The second-order valence-corrected chi connectivity index (χ2v) is 5.03. The monoisotopic (exact) mass is 253 g/mol. The van der Waals surface area contributed by atoms with Crippen molar-refractivity contribution in [1.29, 1.82) is 0 Å². The van der Waals surface area contributed by atoms with E-state index in [1.165, 1.54) is 25.7 Å². The molecular weight excluding hydrogens is 224 g/mol. The molecule has 0 aromatic heterocycles. The molecule has 2 unspecified atom stereocenters. The number of hydrogen-bond donors (Lipinski definition) is 2. The molecule has 0 aliphatic carbocycles. The lowest BCUT2D eigenvalue weighted by molar-refractivity contribution is -0.900. The maximum atomic E-state index is 9.22. The Balaban J connectivity index is 2.30. The van der Waals surface area contributed by atoms with E-state index in [-0.39, 0.29) is 6.61 Å². The number of quaternary nitrogens is 1. The molecule has 2 N–H and O–H groups in total. The molecule has 0 amide bonds. The molecule has 104 valence electrons. The van der Waals surface area contributed by atoms with Crippen molar-refractivity contribution >= 4 is 0 Å². The molecule has 0 spiro atoms. The molecule has 0 aromatic carbocycles. The molecule has 1 aliphatic heterocycles. The quantitative estimate of drug-likeness (QED) is 0.376. The topological polar surface area (TPSA) is 32.3 Å². The van der Waals surface area contributed by atoms with Gasteiger partial charge < -0.3 is 10.4 Å². The second kappa shape index (κ2) is 8.33. The van der Waals surface area contributed by atoms with Gasteiger partial charge in [0.2, 0.25) is 0 Å². The van der Waals surface area contributed by atoms with Gasteiger partial charge in [-0.1, -0.05) is 19.1 Å². The van der Waals surface area contributed by atoms with Gasteiger partial charge in [0.05, 0.1) is 19.4 Å². The summed E-state index contributed by atoms with van der Waals surface area (Å²) < 4.78 is 0.890. The Morgan fingerprint density at radius 2 is 2.11 bits per heavy atom. The molecule has 0 saturated carbocycles.